The van der Waals surface area contributed by atoms with Crippen LogP contribution in [0.2, 0.25) is 0 Å². The summed E-state index contributed by atoms with van der Waals surface area (Å²) in [6, 6.07) is 14.5. The number of hydrogen-bond donors (Lipinski definition) is 2. The molecule has 0 saturated heterocycles. The summed E-state index contributed by atoms with van der Waals surface area (Å²) in [6.07, 6.45) is 0. The monoisotopic (exact) mass is 310 g/mol. The van der Waals surface area contributed by atoms with Crippen molar-refractivity contribution in [2.75, 3.05) is 0 Å². The minimum Gasteiger partial charge on any atom is -0.481 e. The van der Waals surface area contributed by atoms with Gasteiger partial charge in [-0.3, -0.25) is 9.59 Å². The zero-order valence-corrected chi connectivity index (χ0v) is 12.8. The summed E-state index contributed by atoms with van der Waals surface area (Å²) in [7, 11) is 0. The molecule has 0 fully saturated rings. The molecule has 1 unspecified atom stereocenters. The van der Waals surface area contributed by atoms with E-state index in [9.17, 15) is 14.7 Å². The maximum Gasteiger partial charge on any atom is 0.310 e. The predicted octanol–water partition coefficient (Wildman–Crippen LogP) is 3.83. The predicted molar refractivity (Wildman–Crippen MR) is 91.0 cm³/mol. The van der Waals surface area contributed by atoms with E-state index in [4.69, 9.17) is 0 Å². The van der Waals surface area contributed by atoms with Crippen molar-refractivity contribution in [2.45, 2.75) is 17.7 Å². The summed E-state index contributed by atoms with van der Waals surface area (Å²) >= 11 is 4.42. The lowest BCUT2D eigenvalue weighted by Crippen LogP contribution is -2.08. The van der Waals surface area contributed by atoms with E-state index in [2.05, 4.69) is 12.6 Å². The second kappa shape index (κ2) is 5.46. The van der Waals surface area contributed by atoms with E-state index in [0.717, 1.165) is 5.39 Å². The van der Waals surface area contributed by atoms with Gasteiger partial charge in [0.2, 0.25) is 0 Å². The zero-order valence-electron chi connectivity index (χ0n) is 11.9. The highest BCUT2D eigenvalue weighted by Crippen LogP contribution is 2.27. The van der Waals surface area contributed by atoms with Crippen molar-refractivity contribution in [1.82, 2.24) is 0 Å². The standard InChI is InChI=1S/C18H14O3S/c1-10(18(20)21)13-8-12-7-6-11-4-2-3-5-14(11)17(19)16(12)15(22)9-13/h2-10,22H,1H3,(H,20,21). The van der Waals surface area contributed by atoms with Gasteiger partial charge in [-0.15, -0.1) is 12.6 Å². The van der Waals surface area contributed by atoms with Gasteiger partial charge in [0.05, 0.1) is 5.92 Å². The second-order valence-corrected chi connectivity index (χ2v) is 5.80. The molecule has 0 bridgehead atoms. The Bertz CT molecular complexity index is 963. The molecule has 0 aliphatic carbocycles. The number of carboxylic acid groups (broad SMARTS) is 1. The van der Waals surface area contributed by atoms with Gasteiger partial charge in [-0.2, -0.15) is 0 Å². The lowest BCUT2D eigenvalue weighted by Gasteiger charge is -2.08. The maximum atomic E-state index is 12.8. The Morgan fingerprint density at radius 1 is 1.09 bits per heavy atom. The topological polar surface area (TPSA) is 54.4 Å². The van der Waals surface area contributed by atoms with Gasteiger partial charge in [-0.1, -0.05) is 42.5 Å². The summed E-state index contributed by atoms with van der Waals surface area (Å²) in [5, 5.41) is 11.9. The number of benzene rings is 2. The third kappa shape index (κ3) is 2.35. The molecule has 22 heavy (non-hydrogen) atoms. The smallest absolute Gasteiger partial charge is 0.310 e. The molecular formula is C18H14O3S. The number of carbonyl (C=O) groups is 1. The number of carboxylic acids is 1. The van der Waals surface area contributed by atoms with Crippen molar-refractivity contribution >= 4 is 40.1 Å². The Hall–Kier alpha value is -2.33. The molecule has 0 radical (unpaired) electrons. The molecule has 110 valence electrons. The van der Waals surface area contributed by atoms with E-state index in [1.165, 1.54) is 0 Å². The van der Waals surface area contributed by atoms with Crippen LogP contribution < -0.4 is 5.43 Å². The first kappa shape index (κ1) is 14.6. The first-order valence-electron chi connectivity index (χ1n) is 6.90. The van der Waals surface area contributed by atoms with Gasteiger partial charge in [-0.05, 0) is 29.3 Å². The molecule has 0 amide bonds. The van der Waals surface area contributed by atoms with Gasteiger partial charge in [-0.25, -0.2) is 0 Å². The van der Waals surface area contributed by atoms with Gasteiger partial charge < -0.3 is 5.11 Å². The van der Waals surface area contributed by atoms with Crippen LogP contribution in [-0.4, -0.2) is 11.1 Å². The molecule has 0 spiro atoms. The number of thiol groups is 1. The number of aliphatic carboxylic acids is 1. The van der Waals surface area contributed by atoms with Crippen LogP contribution in [0.1, 0.15) is 18.4 Å². The number of hydrogen-bond acceptors (Lipinski definition) is 3. The molecule has 0 aliphatic rings. The summed E-state index contributed by atoms with van der Waals surface area (Å²) in [4.78, 5) is 24.4. The molecule has 4 heteroatoms. The third-order valence-electron chi connectivity index (χ3n) is 3.92. The van der Waals surface area contributed by atoms with E-state index >= 15 is 0 Å². The van der Waals surface area contributed by atoms with Gasteiger partial charge >= 0.3 is 5.97 Å². The molecular weight excluding hydrogens is 296 g/mol. The van der Waals surface area contributed by atoms with Crippen molar-refractivity contribution < 1.29 is 9.90 Å². The van der Waals surface area contributed by atoms with Crippen LogP contribution in [0.15, 0.2) is 58.2 Å². The van der Waals surface area contributed by atoms with E-state index in [1.807, 2.05) is 30.3 Å². The molecule has 3 rings (SSSR count). The lowest BCUT2D eigenvalue weighted by atomic mass is 9.98. The van der Waals surface area contributed by atoms with Crippen LogP contribution >= 0.6 is 12.6 Å². The van der Waals surface area contributed by atoms with Crippen LogP contribution in [0, 0.1) is 0 Å². The Labute approximate surface area is 132 Å². The average molecular weight is 310 g/mol. The average Bonchev–Trinajstić information content (AvgIpc) is 2.64. The second-order valence-electron chi connectivity index (χ2n) is 5.31. The van der Waals surface area contributed by atoms with Crippen LogP contribution in [-0.2, 0) is 4.79 Å². The van der Waals surface area contributed by atoms with Crippen molar-refractivity contribution in [3.8, 4) is 0 Å². The van der Waals surface area contributed by atoms with Gasteiger partial charge in [0.15, 0.2) is 5.43 Å². The van der Waals surface area contributed by atoms with Crippen molar-refractivity contribution in [1.29, 1.82) is 0 Å². The van der Waals surface area contributed by atoms with Crippen LogP contribution in [0.3, 0.4) is 0 Å². The molecule has 3 aromatic carbocycles. The third-order valence-corrected chi connectivity index (χ3v) is 4.27. The maximum absolute atomic E-state index is 12.8. The highest BCUT2D eigenvalue weighted by Gasteiger charge is 2.16. The summed E-state index contributed by atoms with van der Waals surface area (Å²) in [5.41, 5.74) is 0.551. The first-order chi connectivity index (χ1) is 10.5. The Morgan fingerprint density at radius 2 is 1.77 bits per heavy atom. The molecule has 3 nitrogen and oxygen atoms in total. The Kier molecular flexibility index (Phi) is 3.62. The zero-order chi connectivity index (χ0) is 15.9. The van der Waals surface area contributed by atoms with Crippen molar-refractivity contribution in [3.63, 3.8) is 0 Å². The fourth-order valence-corrected chi connectivity index (χ4v) is 2.99. The highest BCUT2D eigenvalue weighted by atomic mass is 32.1. The molecule has 0 aromatic heterocycles. The molecule has 0 saturated carbocycles. The molecule has 0 heterocycles. The quantitative estimate of drug-likeness (QED) is 0.707. The van der Waals surface area contributed by atoms with E-state index in [-0.39, 0.29) is 5.43 Å². The largest absolute Gasteiger partial charge is 0.481 e. The molecule has 3 aromatic rings. The first-order valence-corrected chi connectivity index (χ1v) is 7.35. The van der Waals surface area contributed by atoms with Crippen molar-refractivity contribution in [3.05, 3.63) is 64.3 Å². The molecule has 1 N–H and O–H groups in total. The number of rotatable bonds is 2. The normalized spacial score (nSPS) is 12.5. The minimum atomic E-state index is -0.903. The highest BCUT2D eigenvalue weighted by molar-refractivity contribution is 7.80. The van der Waals surface area contributed by atoms with Gasteiger partial charge in [0.1, 0.15) is 0 Å². The Balaban J connectivity index is 2.44. The SMILES string of the molecule is CC(C(=O)O)c1cc(S)c2c(=O)c3ccccc3ccc2c1. The molecule has 1 atom stereocenters. The Morgan fingerprint density at radius 3 is 2.50 bits per heavy atom. The number of fused-ring (bicyclic) bond motifs is 2. The van der Waals surface area contributed by atoms with Crippen LogP contribution in [0.25, 0.3) is 21.5 Å². The van der Waals surface area contributed by atoms with Gasteiger partial charge in [0.25, 0.3) is 0 Å². The van der Waals surface area contributed by atoms with Gasteiger partial charge in [0, 0.05) is 15.7 Å². The van der Waals surface area contributed by atoms with Crippen LogP contribution in [0.4, 0.5) is 0 Å². The fraction of sp³-hybridized carbons (Fsp3) is 0.111. The summed E-state index contributed by atoms with van der Waals surface area (Å²) < 4.78 is 0. The van der Waals surface area contributed by atoms with E-state index < -0.39 is 11.9 Å². The summed E-state index contributed by atoms with van der Waals surface area (Å²) in [6.45, 7) is 1.62. The minimum absolute atomic E-state index is 0.0878. The molecule has 0 aliphatic heterocycles. The van der Waals surface area contributed by atoms with E-state index in [0.29, 0.717) is 26.6 Å². The fourth-order valence-electron chi connectivity index (χ4n) is 2.61. The van der Waals surface area contributed by atoms with Crippen LogP contribution in [0.5, 0.6) is 0 Å². The lowest BCUT2D eigenvalue weighted by molar-refractivity contribution is -0.138. The van der Waals surface area contributed by atoms with Crippen molar-refractivity contribution in [2.24, 2.45) is 0 Å². The van der Waals surface area contributed by atoms with E-state index in [1.54, 1.807) is 25.1 Å². The summed E-state index contributed by atoms with van der Waals surface area (Å²) in [5.74, 6) is -1.55.